The number of esters is 1. The average Bonchev–Trinajstić information content (AvgIpc) is 2.40. The van der Waals surface area contributed by atoms with Gasteiger partial charge in [0.1, 0.15) is 0 Å². The number of carbonyl (C=O) groups excluding carboxylic acids is 1. The molecule has 1 rings (SSSR count). The van der Waals surface area contributed by atoms with Crippen molar-refractivity contribution in [3.8, 4) is 0 Å². The van der Waals surface area contributed by atoms with Gasteiger partial charge in [-0.15, -0.1) is 0 Å². The van der Waals surface area contributed by atoms with E-state index in [4.69, 9.17) is 4.74 Å². The SMILES string of the molecule is CCOC(=O)CN(CC)Cc1cccc([N+](=O)[O-])c1F. The van der Waals surface area contributed by atoms with Gasteiger partial charge in [0.05, 0.1) is 18.1 Å². The Morgan fingerprint density at radius 1 is 1.45 bits per heavy atom. The molecule has 1 aromatic carbocycles. The minimum absolute atomic E-state index is 0.0203. The maximum Gasteiger partial charge on any atom is 0.320 e. The van der Waals surface area contributed by atoms with Crippen LogP contribution in [0, 0.1) is 15.9 Å². The molecular formula is C13H17FN2O4. The third kappa shape index (κ3) is 4.27. The lowest BCUT2D eigenvalue weighted by atomic mass is 10.1. The molecule has 0 heterocycles. The third-order valence-corrected chi connectivity index (χ3v) is 2.75. The van der Waals surface area contributed by atoms with E-state index in [1.807, 2.05) is 6.92 Å². The molecule has 0 aliphatic heterocycles. The van der Waals surface area contributed by atoms with Crippen molar-refractivity contribution in [3.05, 3.63) is 39.7 Å². The fraction of sp³-hybridized carbons (Fsp3) is 0.462. The zero-order chi connectivity index (χ0) is 15.1. The molecular weight excluding hydrogens is 267 g/mol. The lowest BCUT2D eigenvalue weighted by molar-refractivity contribution is -0.387. The fourth-order valence-electron chi connectivity index (χ4n) is 1.74. The van der Waals surface area contributed by atoms with Gasteiger partial charge in [0, 0.05) is 18.2 Å². The van der Waals surface area contributed by atoms with Crippen LogP contribution in [0.25, 0.3) is 0 Å². The van der Waals surface area contributed by atoms with Crippen molar-refractivity contribution in [2.75, 3.05) is 19.7 Å². The normalized spacial score (nSPS) is 10.6. The topological polar surface area (TPSA) is 72.7 Å². The van der Waals surface area contributed by atoms with Crippen LogP contribution in [0.5, 0.6) is 0 Å². The molecule has 0 aliphatic rings. The number of rotatable bonds is 7. The molecule has 0 atom stereocenters. The number of carbonyl (C=O) groups is 1. The minimum Gasteiger partial charge on any atom is -0.465 e. The van der Waals surface area contributed by atoms with E-state index in [0.717, 1.165) is 6.07 Å². The van der Waals surface area contributed by atoms with E-state index in [9.17, 15) is 19.3 Å². The number of ether oxygens (including phenoxy) is 1. The molecule has 0 saturated carbocycles. The van der Waals surface area contributed by atoms with Crippen LogP contribution in [-0.4, -0.2) is 35.5 Å². The number of nitrogens with zero attached hydrogens (tertiary/aromatic N) is 2. The number of nitro benzene ring substituents is 1. The van der Waals surface area contributed by atoms with Crippen molar-refractivity contribution in [1.29, 1.82) is 0 Å². The Hall–Kier alpha value is -2.02. The van der Waals surface area contributed by atoms with E-state index in [1.54, 1.807) is 11.8 Å². The van der Waals surface area contributed by atoms with Gasteiger partial charge in [0.2, 0.25) is 5.82 Å². The molecule has 0 saturated heterocycles. The van der Waals surface area contributed by atoms with E-state index in [2.05, 4.69) is 0 Å². The van der Waals surface area contributed by atoms with Gasteiger partial charge < -0.3 is 4.74 Å². The van der Waals surface area contributed by atoms with Crippen molar-refractivity contribution >= 4 is 11.7 Å². The lowest BCUT2D eigenvalue weighted by Crippen LogP contribution is -2.30. The summed E-state index contributed by atoms with van der Waals surface area (Å²) in [6, 6.07) is 4.01. The number of hydrogen-bond donors (Lipinski definition) is 0. The molecule has 0 unspecified atom stereocenters. The zero-order valence-corrected chi connectivity index (χ0v) is 11.5. The zero-order valence-electron chi connectivity index (χ0n) is 11.5. The smallest absolute Gasteiger partial charge is 0.320 e. The van der Waals surface area contributed by atoms with Crippen molar-refractivity contribution in [1.82, 2.24) is 4.90 Å². The number of likely N-dealkylation sites (N-methyl/N-ethyl adjacent to an activating group) is 1. The van der Waals surface area contributed by atoms with Gasteiger partial charge in [0.25, 0.3) is 0 Å². The molecule has 0 N–H and O–H groups in total. The van der Waals surface area contributed by atoms with Crippen LogP contribution in [0.3, 0.4) is 0 Å². The third-order valence-electron chi connectivity index (χ3n) is 2.75. The largest absolute Gasteiger partial charge is 0.465 e. The maximum atomic E-state index is 13.9. The van der Waals surface area contributed by atoms with Crippen LogP contribution in [0.1, 0.15) is 19.4 Å². The Labute approximate surface area is 116 Å². The highest BCUT2D eigenvalue weighted by molar-refractivity contribution is 5.71. The summed E-state index contributed by atoms with van der Waals surface area (Å²) in [5, 5.41) is 10.7. The highest BCUT2D eigenvalue weighted by Crippen LogP contribution is 2.21. The number of benzene rings is 1. The first kappa shape index (κ1) is 16.0. The van der Waals surface area contributed by atoms with Crippen LogP contribution in [0.15, 0.2) is 18.2 Å². The molecule has 0 aromatic heterocycles. The Morgan fingerprint density at radius 3 is 2.70 bits per heavy atom. The van der Waals surface area contributed by atoms with Gasteiger partial charge in [-0.25, -0.2) is 0 Å². The van der Waals surface area contributed by atoms with Gasteiger partial charge in [-0.05, 0) is 13.5 Å². The maximum absolute atomic E-state index is 13.9. The standard InChI is InChI=1S/C13H17FN2O4/c1-3-15(9-12(17)20-4-2)8-10-6-5-7-11(13(10)14)16(18)19/h5-7H,3-4,8-9H2,1-2H3. The van der Waals surface area contributed by atoms with Gasteiger partial charge >= 0.3 is 11.7 Å². The van der Waals surface area contributed by atoms with Crippen LogP contribution in [0.2, 0.25) is 0 Å². The number of nitro groups is 1. The van der Waals surface area contributed by atoms with E-state index in [-0.39, 0.29) is 25.3 Å². The fourth-order valence-corrected chi connectivity index (χ4v) is 1.74. The first-order valence-electron chi connectivity index (χ1n) is 6.29. The molecule has 0 spiro atoms. The Morgan fingerprint density at radius 2 is 2.15 bits per heavy atom. The summed E-state index contributed by atoms with van der Waals surface area (Å²) in [5.74, 6) is -1.26. The quantitative estimate of drug-likeness (QED) is 0.435. The second-order valence-corrected chi connectivity index (χ2v) is 4.12. The second-order valence-electron chi connectivity index (χ2n) is 4.12. The van der Waals surface area contributed by atoms with Gasteiger partial charge in [-0.3, -0.25) is 19.8 Å². The Kier molecular flexibility index (Phi) is 6.05. The predicted molar refractivity (Wildman–Crippen MR) is 70.6 cm³/mol. The van der Waals surface area contributed by atoms with Crippen LogP contribution >= 0.6 is 0 Å². The van der Waals surface area contributed by atoms with E-state index in [0.29, 0.717) is 6.54 Å². The molecule has 6 nitrogen and oxygen atoms in total. The number of hydrogen-bond acceptors (Lipinski definition) is 5. The highest BCUT2D eigenvalue weighted by Gasteiger charge is 2.19. The van der Waals surface area contributed by atoms with E-state index >= 15 is 0 Å². The summed E-state index contributed by atoms with van der Waals surface area (Å²) in [7, 11) is 0. The highest BCUT2D eigenvalue weighted by atomic mass is 19.1. The van der Waals surface area contributed by atoms with Gasteiger partial charge in [-0.2, -0.15) is 4.39 Å². The van der Waals surface area contributed by atoms with Crippen LogP contribution in [-0.2, 0) is 16.1 Å². The lowest BCUT2D eigenvalue weighted by Gasteiger charge is -2.19. The average molecular weight is 284 g/mol. The minimum atomic E-state index is -0.861. The van der Waals surface area contributed by atoms with Crippen LogP contribution < -0.4 is 0 Å². The van der Waals surface area contributed by atoms with Crippen LogP contribution in [0.4, 0.5) is 10.1 Å². The first-order chi connectivity index (χ1) is 9.49. The number of halogens is 1. The molecule has 0 amide bonds. The Balaban J connectivity index is 2.82. The monoisotopic (exact) mass is 284 g/mol. The first-order valence-corrected chi connectivity index (χ1v) is 6.29. The summed E-state index contributed by atoms with van der Waals surface area (Å²) >= 11 is 0. The van der Waals surface area contributed by atoms with Gasteiger partial charge in [-0.1, -0.05) is 19.1 Å². The summed E-state index contributed by atoms with van der Waals surface area (Å²) in [6.45, 7) is 4.43. The second kappa shape index (κ2) is 7.54. The predicted octanol–water partition coefficient (Wildman–Crippen LogP) is 2.12. The van der Waals surface area contributed by atoms with E-state index < -0.39 is 22.4 Å². The molecule has 1 aromatic rings. The Bertz CT molecular complexity index is 493. The van der Waals surface area contributed by atoms with Crippen molar-refractivity contribution in [2.45, 2.75) is 20.4 Å². The molecule has 0 aliphatic carbocycles. The van der Waals surface area contributed by atoms with Crippen molar-refractivity contribution < 1.29 is 18.8 Å². The van der Waals surface area contributed by atoms with Crippen molar-refractivity contribution in [2.24, 2.45) is 0 Å². The van der Waals surface area contributed by atoms with Crippen molar-refractivity contribution in [3.63, 3.8) is 0 Å². The molecule has 0 bridgehead atoms. The van der Waals surface area contributed by atoms with Gasteiger partial charge in [0.15, 0.2) is 0 Å². The molecule has 110 valence electrons. The molecule has 0 fully saturated rings. The molecule has 0 radical (unpaired) electrons. The summed E-state index contributed by atoms with van der Waals surface area (Å²) in [6.07, 6.45) is 0. The summed E-state index contributed by atoms with van der Waals surface area (Å²) in [4.78, 5) is 23.0. The molecule has 7 heteroatoms. The summed E-state index contributed by atoms with van der Waals surface area (Å²) < 4.78 is 18.7. The van der Waals surface area contributed by atoms with E-state index in [1.165, 1.54) is 12.1 Å². The molecule has 20 heavy (non-hydrogen) atoms. The summed E-state index contributed by atoms with van der Waals surface area (Å²) in [5.41, 5.74) is -0.375.